The van der Waals surface area contributed by atoms with Gasteiger partial charge in [0.05, 0.1) is 12.3 Å². The Morgan fingerprint density at radius 2 is 2.14 bits per heavy atom. The third-order valence-corrected chi connectivity index (χ3v) is 3.78. The molecule has 1 N–H and O–H groups in total. The van der Waals surface area contributed by atoms with Crippen molar-refractivity contribution in [3.8, 4) is 5.75 Å². The van der Waals surface area contributed by atoms with Crippen LogP contribution in [0.15, 0.2) is 42.4 Å². The molecule has 2 rings (SSSR count). The first-order valence-electron chi connectivity index (χ1n) is 7.62. The smallest absolute Gasteiger partial charge is 0.223 e. The fourth-order valence-corrected chi connectivity index (χ4v) is 2.71. The van der Waals surface area contributed by atoms with Gasteiger partial charge in [0.25, 0.3) is 0 Å². The molecule has 2 heterocycles. The molecule has 5 nitrogen and oxygen atoms in total. The Bertz CT molecular complexity index is 564. The Balaban J connectivity index is 2.22. The van der Waals surface area contributed by atoms with Crippen LogP contribution in [0.4, 0.5) is 0 Å². The minimum atomic E-state index is -0.351. The summed E-state index contributed by atoms with van der Waals surface area (Å²) in [5, 5.41) is 9.72. The monoisotopic (exact) mass is 304 g/mol. The third kappa shape index (κ3) is 4.32. The minimum Gasteiger partial charge on any atom is -0.503 e. The molecular formula is C17H24N2O3. The van der Waals surface area contributed by atoms with E-state index in [1.54, 1.807) is 0 Å². The average Bonchev–Trinajstić information content (AvgIpc) is 2.98. The SMILES string of the molecule is C=CCN(CC=C)Cc1cc(=O)c(O)cn1CC1CCCO1. The Morgan fingerprint density at radius 1 is 1.41 bits per heavy atom. The Kier molecular flexibility index (Phi) is 5.98. The summed E-state index contributed by atoms with van der Waals surface area (Å²) in [5.74, 6) is -0.222. The van der Waals surface area contributed by atoms with Gasteiger partial charge in [-0.2, -0.15) is 0 Å². The van der Waals surface area contributed by atoms with Crippen molar-refractivity contribution in [2.24, 2.45) is 0 Å². The molecule has 1 unspecified atom stereocenters. The molecule has 0 spiro atoms. The normalized spacial score (nSPS) is 17.8. The molecule has 0 amide bonds. The molecule has 0 saturated carbocycles. The Morgan fingerprint density at radius 3 is 2.73 bits per heavy atom. The van der Waals surface area contributed by atoms with E-state index in [2.05, 4.69) is 18.1 Å². The molecule has 1 aliphatic rings. The Hall–Kier alpha value is -1.85. The van der Waals surface area contributed by atoms with Crippen LogP contribution < -0.4 is 5.43 Å². The van der Waals surface area contributed by atoms with Crippen molar-refractivity contribution in [1.29, 1.82) is 0 Å². The van der Waals surface area contributed by atoms with Gasteiger partial charge in [-0.1, -0.05) is 12.2 Å². The van der Waals surface area contributed by atoms with Crippen molar-refractivity contribution in [2.45, 2.75) is 32.0 Å². The van der Waals surface area contributed by atoms with Gasteiger partial charge < -0.3 is 14.4 Å². The maximum atomic E-state index is 11.8. The van der Waals surface area contributed by atoms with Gasteiger partial charge in [0.1, 0.15) is 0 Å². The largest absolute Gasteiger partial charge is 0.503 e. The first-order chi connectivity index (χ1) is 10.6. The fourth-order valence-electron chi connectivity index (χ4n) is 2.71. The number of hydrogen-bond acceptors (Lipinski definition) is 4. The highest BCUT2D eigenvalue weighted by Gasteiger charge is 2.18. The summed E-state index contributed by atoms with van der Waals surface area (Å²) in [6.45, 7) is 11.0. The molecular weight excluding hydrogens is 280 g/mol. The first-order valence-corrected chi connectivity index (χ1v) is 7.62. The van der Waals surface area contributed by atoms with E-state index in [1.807, 2.05) is 16.7 Å². The van der Waals surface area contributed by atoms with Crippen molar-refractivity contribution < 1.29 is 9.84 Å². The summed E-state index contributed by atoms with van der Waals surface area (Å²) >= 11 is 0. The van der Waals surface area contributed by atoms with E-state index in [0.29, 0.717) is 26.2 Å². The zero-order valence-corrected chi connectivity index (χ0v) is 12.9. The van der Waals surface area contributed by atoms with Crippen LogP contribution in [0.25, 0.3) is 0 Å². The molecule has 120 valence electrons. The van der Waals surface area contributed by atoms with E-state index in [-0.39, 0.29) is 17.3 Å². The van der Waals surface area contributed by atoms with Crippen molar-refractivity contribution in [1.82, 2.24) is 9.47 Å². The average molecular weight is 304 g/mol. The standard InChI is InChI=1S/C17H24N2O3/c1-3-7-18(8-4-2)11-14-10-16(20)17(21)13-19(14)12-15-6-5-9-22-15/h3-4,10,13,15,21H,1-2,5-9,11-12H2. The molecule has 1 saturated heterocycles. The van der Waals surface area contributed by atoms with E-state index in [1.165, 1.54) is 12.3 Å². The Labute approximate surface area is 131 Å². The molecule has 22 heavy (non-hydrogen) atoms. The molecule has 1 fully saturated rings. The molecule has 0 aromatic carbocycles. The number of ether oxygens (including phenoxy) is 1. The van der Waals surface area contributed by atoms with Gasteiger partial charge in [-0.3, -0.25) is 9.69 Å². The molecule has 0 aliphatic carbocycles. The summed E-state index contributed by atoms with van der Waals surface area (Å²) in [4.78, 5) is 13.9. The van der Waals surface area contributed by atoms with Crippen LogP contribution in [0.3, 0.4) is 0 Å². The molecule has 1 aliphatic heterocycles. The predicted octanol–water partition coefficient (Wildman–Crippen LogP) is 1.91. The van der Waals surface area contributed by atoms with Crippen molar-refractivity contribution >= 4 is 0 Å². The number of nitrogens with zero attached hydrogens (tertiary/aromatic N) is 2. The lowest BCUT2D eigenvalue weighted by Gasteiger charge is -2.23. The second-order valence-corrected chi connectivity index (χ2v) is 5.57. The van der Waals surface area contributed by atoms with Crippen LogP contribution in [0, 0.1) is 0 Å². The maximum absolute atomic E-state index is 11.8. The van der Waals surface area contributed by atoms with Gasteiger partial charge in [0.2, 0.25) is 5.43 Å². The summed E-state index contributed by atoms with van der Waals surface area (Å²) < 4.78 is 7.58. The zero-order chi connectivity index (χ0) is 15.9. The summed E-state index contributed by atoms with van der Waals surface area (Å²) in [6.07, 6.45) is 7.38. The third-order valence-electron chi connectivity index (χ3n) is 3.78. The lowest BCUT2D eigenvalue weighted by molar-refractivity contribution is 0.0953. The molecule has 0 bridgehead atoms. The highest BCUT2D eigenvalue weighted by molar-refractivity contribution is 5.20. The minimum absolute atomic E-state index is 0.146. The van der Waals surface area contributed by atoms with Crippen LogP contribution in [-0.4, -0.2) is 40.4 Å². The van der Waals surface area contributed by atoms with Crippen molar-refractivity contribution in [2.75, 3.05) is 19.7 Å². The van der Waals surface area contributed by atoms with Crippen molar-refractivity contribution in [3.05, 3.63) is 53.5 Å². The van der Waals surface area contributed by atoms with E-state index in [0.717, 1.165) is 25.1 Å². The summed E-state index contributed by atoms with van der Waals surface area (Å²) in [5.41, 5.74) is 0.512. The maximum Gasteiger partial charge on any atom is 0.223 e. The van der Waals surface area contributed by atoms with Crippen LogP contribution in [0.1, 0.15) is 18.5 Å². The van der Waals surface area contributed by atoms with Crippen LogP contribution in [-0.2, 0) is 17.8 Å². The molecule has 1 aromatic heterocycles. The van der Waals surface area contributed by atoms with Crippen LogP contribution >= 0.6 is 0 Å². The van der Waals surface area contributed by atoms with E-state index in [9.17, 15) is 9.90 Å². The number of rotatable bonds is 8. The lowest BCUT2D eigenvalue weighted by Crippen LogP contribution is -2.28. The van der Waals surface area contributed by atoms with Crippen LogP contribution in [0.2, 0.25) is 0 Å². The predicted molar refractivity (Wildman–Crippen MR) is 87.0 cm³/mol. The number of aromatic nitrogens is 1. The highest BCUT2D eigenvalue weighted by atomic mass is 16.5. The first kappa shape index (κ1) is 16.5. The van der Waals surface area contributed by atoms with Gasteiger partial charge in [-0.05, 0) is 12.8 Å². The van der Waals surface area contributed by atoms with E-state index in [4.69, 9.17) is 4.74 Å². The number of hydrogen-bond donors (Lipinski definition) is 1. The fraction of sp³-hybridized carbons (Fsp3) is 0.471. The second kappa shape index (κ2) is 7.96. The van der Waals surface area contributed by atoms with E-state index >= 15 is 0 Å². The molecule has 0 radical (unpaired) electrons. The topological polar surface area (TPSA) is 54.7 Å². The second-order valence-electron chi connectivity index (χ2n) is 5.57. The number of aromatic hydroxyl groups is 1. The molecule has 5 heteroatoms. The van der Waals surface area contributed by atoms with Gasteiger partial charge in [0.15, 0.2) is 5.75 Å². The zero-order valence-electron chi connectivity index (χ0n) is 12.9. The van der Waals surface area contributed by atoms with Crippen LogP contribution in [0.5, 0.6) is 5.75 Å². The van der Waals surface area contributed by atoms with Gasteiger partial charge in [0, 0.05) is 44.5 Å². The quantitative estimate of drug-likeness (QED) is 0.745. The van der Waals surface area contributed by atoms with E-state index < -0.39 is 0 Å². The highest BCUT2D eigenvalue weighted by Crippen LogP contribution is 2.17. The number of pyridine rings is 1. The van der Waals surface area contributed by atoms with Crippen molar-refractivity contribution in [3.63, 3.8) is 0 Å². The molecule has 1 atom stereocenters. The summed E-state index contributed by atoms with van der Waals surface area (Å²) in [7, 11) is 0. The van der Waals surface area contributed by atoms with Gasteiger partial charge in [-0.25, -0.2) is 0 Å². The van der Waals surface area contributed by atoms with Gasteiger partial charge >= 0.3 is 0 Å². The lowest BCUT2D eigenvalue weighted by atomic mass is 10.2. The molecule has 1 aromatic rings. The summed E-state index contributed by atoms with van der Waals surface area (Å²) in [6, 6.07) is 1.50. The van der Waals surface area contributed by atoms with Gasteiger partial charge in [-0.15, -0.1) is 13.2 Å².